The maximum Gasteiger partial charge on any atom is 0.264 e. The van der Waals surface area contributed by atoms with Crippen molar-refractivity contribution >= 4 is 39.2 Å². The van der Waals surface area contributed by atoms with E-state index in [1.165, 1.54) is 6.42 Å². The van der Waals surface area contributed by atoms with E-state index in [9.17, 15) is 18.0 Å². The third-order valence-electron chi connectivity index (χ3n) is 10.7. The SMILES string of the molecule is C=C1/C=C\C(C(=O)NS(=O)(=O)CC(C)C)=C/CN2CC(c3c(C(=O)N4C[C@@H](C)O[C@@H](C)C4)cnn3C(C)C)=Cc3cc(OC)ccc3C2=C1C1CCCCC1. The highest BCUT2D eigenvalue weighted by molar-refractivity contribution is 7.90. The van der Waals surface area contributed by atoms with Gasteiger partial charge >= 0.3 is 0 Å². The Hall–Kier alpha value is -4.42. The number of ether oxygens (including phenoxy) is 2. The maximum atomic E-state index is 14.5. The Kier molecular flexibility index (Phi) is 12.3. The number of morpholine rings is 1. The average Bonchev–Trinajstić information content (AvgIpc) is 3.53. The average molecular weight is 772 g/mol. The lowest BCUT2D eigenvalue weighted by atomic mass is 9.78. The van der Waals surface area contributed by atoms with Crippen molar-refractivity contribution in [1.82, 2.24) is 24.3 Å². The summed E-state index contributed by atoms with van der Waals surface area (Å²) in [5.41, 5.74) is 7.20. The number of carbonyl (C=O) groups excluding carboxylic acids is 2. The molecule has 0 spiro atoms. The number of carbonyl (C=O) groups is 2. The molecule has 4 aliphatic rings. The van der Waals surface area contributed by atoms with Gasteiger partial charge in [0, 0.05) is 49.1 Å². The number of methoxy groups -OCH3 is 1. The summed E-state index contributed by atoms with van der Waals surface area (Å²) in [6.07, 6.45) is 14.4. The molecule has 3 aliphatic heterocycles. The van der Waals surface area contributed by atoms with Crippen molar-refractivity contribution in [1.29, 1.82) is 0 Å². The first-order valence-corrected chi connectivity index (χ1v) is 21.3. The Bertz CT molecular complexity index is 2040. The minimum Gasteiger partial charge on any atom is -0.497 e. The molecule has 2 aromatic rings. The fourth-order valence-electron chi connectivity index (χ4n) is 8.45. The number of aromatic nitrogens is 2. The molecule has 1 aliphatic carbocycles. The topological polar surface area (TPSA) is 123 Å². The smallest absolute Gasteiger partial charge is 0.264 e. The molecule has 6 rings (SSSR count). The monoisotopic (exact) mass is 771 g/mol. The summed E-state index contributed by atoms with van der Waals surface area (Å²) in [5, 5.41) is 4.80. The van der Waals surface area contributed by atoms with Crippen LogP contribution in [0, 0.1) is 11.8 Å². The van der Waals surface area contributed by atoms with Gasteiger partial charge in [-0.2, -0.15) is 5.10 Å². The first kappa shape index (κ1) is 40.2. The normalized spacial score (nSPS) is 22.8. The first-order chi connectivity index (χ1) is 26.1. The summed E-state index contributed by atoms with van der Waals surface area (Å²) in [6, 6.07) is 6.04. The second-order valence-electron chi connectivity index (χ2n) is 16.1. The summed E-state index contributed by atoms with van der Waals surface area (Å²) in [6.45, 7) is 17.9. The molecule has 1 saturated heterocycles. The number of hydrogen-bond acceptors (Lipinski definition) is 8. The van der Waals surface area contributed by atoms with Gasteiger partial charge in [0.25, 0.3) is 11.8 Å². The molecule has 0 unspecified atom stereocenters. The number of sulfonamides is 1. The van der Waals surface area contributed by atoms with Crippen molar-refractivity contribution < 1.29 is 27.5 Å². The van der Waals surface area contributed by atoms with Crippen LogP contribution < -0.4 is 9.46 Å². The van der Waals surface area contributed by atoms with Gasteiger partial charge in [0.05, 0.1) is 42.5 Å². The summed E-state index contributed by atoms with van der Waals surface area (Å²) in [5.74, 6) is -0.147. The van der Waals surface area contributed by atoms with Crippen LogP contribution in [0.15, 0.2) is 65.9 Å². The fourth-order valence-corrected chi connectivity index (χ4v) is 9.82. The Morgan fingerprint density at radius 3 is 2.42 bits per heavy atom. The van der Waals surface area contributed by atoms with E-state index in [2.05, 4.69) is 42.2 Å². The van der Waals surface area contributed by atoms with E-state index in [1.807, 2.05) is 41.6 Å². The van der Waals surface area contributed by atoms with Crippen molar-refractivity contribution in [3.8, 4) is 5.75 Å². The van der Waals surface area contributed by atoms with E-state index in [-0.39, 0.29) is 53.9 Å². The number of benzene rings is 1. The summed E-state index contributed by atoms with van der Waals surface area (Å²) < 4.78 is 41.8. The van der Waals surface area contributed by atoms with Crippen molar-refractivity contribution in [2.45, 2.75) is 91.9 Å². The quantitative estimate of drug-likeness (QED) is 0.289. The largest absolute Gasteiger partial charge is 0.497 e. The molecule has 2 amide bonds. The lowest BCUT2D eigenvalue weighted by Gasteiger charge is -2.35. The van der Waals surface area contributed by atoms with Crippen LogP contribution in [0.2, 0.25) is 0 Å². The Balaban J connectivity index is 1.54. The third-order valence-corrected chi connectivity index (χ3v) is 12.3. The molecule has 12 heteroatoms. The minimum absolute atomic E-state index is 0.0525. The Morgan fingerprint density at radius 1 is 1.05 bits per heavy atom. The molecule has 296 valence electrons. The highest BCUT2D eigenvalue weighted by atomic mass is 32.2. The van der Waals surface area contributed by atoms with Gasteiger partial charge in [-0.05, 0) is 105 Å². The second kappa shape index (κ2) is 16.8. The van der Waals surface area contributed by atoms with Crippen LogP contribution >= 0.6 is 0 Å². The lowest BCUT2D eigenvalue weighted by molar-refractivity contribution is -0.115. The molecule has 1 aromatic carbocycles. The molecule has 2 fully saturated rings. The van der Waals surface area contributed by atoms with Gasteiger partial charge in [-0.3, -0.25) is 14.3 Å². The Morgan fingerprint density at radius 2 is 1.76 bits per heavy atom. The lowest BCUT2D eigenvalue weighted by Crippen LogP contribution is -2.48. The van der Waals surface area contributed by atoms with Gasteiger partial charge in [0.15, 0.2) is 0 Å². The molecule has 4 heterocycles. The zero-order chi connectivity index (χ0) is 39.6. The molecule has 55 heavy (non-hydrogen) atoms. The molecule has 1 saturated carbocycles. The predicted molar refractivity (Wildman–Crippen MR) is 218 cm³/mol. The summed E-state index contributed by atoms with van der Waals surface area (Å²) >= 11 is 0. The molecular weight excluding hydrogens is 715 g/mol. The number of nitrogens with one attached hydrogen (secondary N) is 1. The first-order valence-electron chi connectivity index (χ1n) is 19.7. The minimum atomic E-state index is -3.85. The highest BCUT2D eigenvalue weighted by Gasteiger charge is 2.35. The van der Waals surface area contributed by atoms with Gasteiger partial charge in [-0.15, -0.1) is 0 Å². The van der Waals surface area contributed by atoms with Crippen molar-refractivity contribution in [2.24, 2.45) is 11.8 Å². The van der Waals surface area contributed by atoms with Gasteiger partial charge in [0.1, 0.15) is 5.75 Å². The van der Waals surface area contributed by atoms with E-state index < -0.39 is 15.9 Å². The molecular formula is C43H57N5O6S. The van der Waals surface area contributed by atoms with Gasteiger partial charge < -0.3 is 19.3 Å². The number of amides is 2. The number of hydrogen-bond donors (Lipinski definition) is 1. The van der Waals surface area contributed by atoms with Crippen LogP contribution in [0.4, 0.5) is 0 Å². The number of allylic oxidation sites excluding steroid dienone is 3. The zero-order valence-corrected chi connectivity index (χ0v) is 34.2. The van der Waals surface area contributed by atoms with E-state index in [1.54, 1.807) is 39.3 Å². The van der Waals surface area contributed by atoms with Crippen LogP contribution in [-0.2, 0) is 19.6 Å². The predicted octanol–water partition coefficient (Wildman–Crippen LogP) is 7.02. The van der Waals surface area contributed by atoms with Crippen molar-refractivity contribution in [3.63, 3.8) is 0 Å². The van der Waals surface area contributed by atoms with Crippen LogP contribution in [0.3, 0.4) is 0 Å². The molecule has 11 nitrogen and oxygen atoms in total. The van der Waals surface area contributed by atoms with Gasteiger partial charge in [-0.1, -0.05) is 51.8 Å². The van der Waals surface area contributed by atoms with E-state index >= 15 is 0 Å². The maximum absolute atomic E-state index is 14.5. The van der Waals surface area contributed by atoms with Crippen LogP contribution in [0.25, 0.3) is 17.3 Å². The third kappa shape index (κ3) is 9.02. The number of rotatable bonds is 9. The molecule has 1 aromatic heterocycles. The van der Waals surface area contributed by atoms with Crippen molar-refractivity contribution in [3.05, 3.63) is 88.3 Å². The van der Waals surface area contributed by atoms with Gasteiger partial charge in [-0.25, -0.2) is 13.1 Å². The fraction of sp³-hybridized carbons (Fsp3) is 0.512. The standard InChI is InChI=1S/C43H57N5O6S/c1-27(2)26-55(51,52)45-42(49)33-15-14-29(5)39(32-12-10-9-11-13-32)41-37-17-16-36(53-8)21-34(37)20-35(25-46(41)19-18-33)40-38(22-44-48(40)28(3)4)43(50)47-23-30(6)54-31(7)24-47/h14-18,20-22,27-28,30-32H,5,9-13,19,23-26H2,1-4,6-8H3,(H,45,49)/b15-14-,33-18+,41-39?/t30-,31+. The number of fused-ring (bicyclic) bond motifs is 3. The van der Waals surface area contributed by atoms with E-state index in [0.717, 1.165) is 64.9 Å². The molecule has 0 bridgehead atoms. The molecule has 0 radical (unpaired) electrons. The van der Waals surface area contributed by atoms with Crippen molar-refractivity contribution in [2.75, 3.05) is 39.0 Å². The van der Waals surface area contributed by atoms with E-state index in [4.69, 9.17) is 14.6 Å². The van der Waals surface area contributed by atoms with Crippen LogP contribution in [-0.4, -0.2) is 91.1 Å². The summed E-state index contributed by atoms with van der Waals surface area (Å²) in [7, 11) is -2.20. The molecule has 1 N–H and O–H groups in total. The van der Waals surface area contributed by atoms with Crippen LogP contribution in [0.1, 0.15) is 107 Å². The Labute approximate surface area is 326 Å². The second-order valence-corrected chi connectivity index (χ2v) is 17.9. The molecule has 2 atom stereocenters. The van der Waals surface area contributed by atoms with E-state index in [0.29, 0.717) is 30.9 Å². The summed E-state index contributed by atoms with van der Waals surface area (Å²) in [4.78, 5) is 32.3. The van der Waals surface area contributed by atoms with Crippen LogP contribution in [0.5, 0.6) is 5.75 Å². The number of nitrogens with zero attached hydrogens (tertiary/aromatic N) is 4. The zero-order valence-electron chi connectivity index (χ0n) is 33.4. The highest BCUT2D eigenvalue weighted by Crippen LogP contribution is 2.44. The van der Waals surface area contributed by atoms with Gasteiger partial charge in [0.2, 0.25) is 10.0 Å².